The van der Waals surface area contributed by atoms with Crippen LogP contribution in [0.5, 0.6) is 5.75 Å². The van der Waals surface area contributed by atoms with Crippen LogP contribution >= 0.6 is 0 Å². The molecule has 94 valence electrons. The van der Waals surface area contributed by atoms with Gasteiger partial charge in [0.15, 0.2) is 0 Å². The highest BCUT2D eigenvalue weighted by molar-refractivity contribution is 5.52. The Labute approximate surface area is 104 Å². The number of anilines is 1. The second-order valence-corrected chi connectivity index (χ2v) is 4.69. The molecule has 0 saturated carbocycles. The Morgan fingerprint density at radius 1 is 1.41 bits per heavy atom. The van der Waals surface area contributed by atoms with E-state index >= 15 is 0 Å². The molecule has 0 radical (unpaired) electrons. The maximum absolute atomic E-state index is 5.54. The first kappa shape index (κ1) is 12.2. The molecule has 3 heteroatoms. The lowest BCUT2D eigenvalue weighted by molar-refractivity contribution is 0.327. The van der Waals surface area contributed by atoms with Crippen LogP contribution in [0.3, 0.4) is 0 Å². The zero-order valence-corrected chi connectivity index (χ0v) is 10.6. The summed E-state index contributed by atoms with van der Waals surface area (Å²) in [4.78, 5) is 2.41. The lowest BCUT2D eigenvalue weighted by Gasteiger charge is -2.41. The summed E-state index contributed by atoms with van der Waals surface area (Å²) in [6.07, 6.45) is 2.64. The largest absolute Gasteiger partial charge is 0.492 e. The first-order valence-corrected chi connectivity index (χ1v) is 6.51. The molecule has 1 aliphatic heterocycles. The lowest BCUT2D eigenvalue weighted by Crippen LogP contribution is -2.46. The summed E-state index contributed by atoms with van der Waals surface area (Å²) < 4.78 is 5.54. The summed E-state index contributed by atoms with van der Waals surface area (Å²) in [6, 6.07) is 8.30. The first-order valence-electron chi connectivity index (χ1n) is 6.51. The van der Waals surface area contributed by atoms with Gasteiger partial charge in [-0.15, -0.1) is 0 Å². The minimum Gasteiger partial charge on any atom is -0.492 e. The van der Waals surface area contributed by atoms with Crippen molar-refractivity contribution in [1.29, 1.82) is 0 Å². The van der Waals surface area contributed by atoms with E-state index in [1.54, 1.807) is 0 Å². The minimum absolute atomic E-state index is 0.562. The maximum Gasteiger partial charge on any atom is 0.121 e. The third-order valence-electron chi connectivity index (χ3n) is 3.22. The van der Waals surface area contributed by atoms with E-state index in [1.807, 2.05) is 12.1 Å². The van der Waals surface area contributed by atoms with Gasteiger partial charge in [-0.05, 0) is 24.5 Å². The Hall–Kier alpha value is -1.22. The normalized spacial score (nSPS) is 15.8. The van der Waals surface area contributed by atoms with Gasteiger partial charge in [-0.1, -0.05) is 19.4 Å². The molecule has 1 fully saturated rings. The minimum atomic E-state index is 0.562. The molecule has 1 aromatic rings. The summed E-state index contributed by atoms with van der Waals surface area (Å²) in [7, 11) is 0. The summed E-state index contributed by atoms with van der Waals surface area (Å²) in [6.45, 7) is 5.78. The van der Waals surface area contributed by atoms with Crippen LogP contribution in [0.25, 0.3) is 0 Å². The van der Waals surface area contributed by atoms with Crippen LogP contribution in [0.2, 0.25) is 0 Å². The standard InChI is InChI=1S/C14H22N2O/c1-2-4-12-10-16(11-12)13-5-3-6-14(9-13)17-8-7-15/h3,5-6,9,12H,2,4,7-8,10-11,15H2,1H3. The molecule has 1 heterocycles. The predicted octanol–water partition coefficient (Wildman–Crippen LogP) is 2.26. The molecule has 17 heavy (non-hydrogen) atoms. The number of rotatable bonds is 6. The van der Waals surface area contributed by atoms with Gasteiger partial charge in [0.25, 0.3) is 0 Å². The van der Waals surface area contributed by atoms with Gasteiger partial charge in [-0.2, -0.15) is 0 Å². The van der Waals surface area contributed by atoms with Gasteiger partial charge >= 0.3 is 0 Å². The van der Waals surface area contributed by atoms with Crippen molar-refractivity contribution in [2.75, 3.05) is 31.1 Å². The zero-order chi connectivity index (χ0) is 12.1. The fourth-order valence-electron chi connectivity index (χ4n) is 2.32. The lowest BCUT2D eigenvalue weighted by atomic mass is 9.94. The van der Waals surface area contributed by atoms with E-state index in [9.17, 15) is 0 Å². The third kappa shape index (κ3) is 3.13. The van der Waals surface area contributed by atoms with Gasteiger partial charge in [0.2, 0.25) is 0 Å². The molecule has 0 unspecified atom stereocenters. The first-order chi connectivity index (χ1) is 8.33. The molecule has 0 amide bonds. The van der Waals surface area contributed by atoms with Crippen molar-refractivity contribution in [1.82, 2.24) is 0 Å². The molecule has 0 spiro atoms. The van der Waals surface area contributed by atoms with Crippen molar-refractivity contribution >= 4 is 5.69 Å². The van der Waals surface area contributed by atoms with Gasteiger partial charge in [-0.3, -0.25) is 0 Å². The summed E-state index contributed by atoms with van der Waals surface area (Å²) in [5.41, 5.74) is 6.70. The molecular formula is C14H22N2O. The number of nitrogens with zero attached hydrogens (tertiary/aromatic N) is 1. The quantitative estimate of drug-likeness (QED) is 0.820. The molecule has 0 aromatic heterocycles. The van der Waals surface area contributed by atoms with E-state index in [0.29, 0.717) is 13.2 Å². The highest BCUT2D eigenvalue weighted by Crippen LogP contribution is 2.29. The van der Waals surface area contributed by atoms with Gasteiger partial charge in [0, 0.05) is 31.4 Å². The van der Waals surface area contributed by atoms with Crippen molar-refractivity contribution in [2.24, 2.45) is 11.7 Å². The van der Waals surface area contributed by atoms with E-state index < -0.39 is 0 Å². The third-order valence-corrected chi connectivity index (χ3v) is 3.22. The number of ether oxygens (including phenoxy) is 1. The average molecular weight is 234 g/mol. The fraction of sp³-hybridized carbons (Fsp3) is 0.571. The van der Waals surface area contributed by atoms with Crippen LogP contribution in [0.4, 0.5) is 5.69 Å². The van der Waals surface area contributed by atoms with E-state index in [4.69, 9.17) is 10.5 Å². The number of hydrogen-bond acceptors (Lipinski definition) is 3. The highest BCUT2D eigenvalue weighted by Gasteiger charge is 2.25. The summed E-state index contributed by atoms with van der Waals surface area (Å²) in [5.74, 6) is 1.81. The van der Waals surface area contributed by atoms with Crippen LogP contribution in [0.1, 0.15) is 19.8 Å². The van der Waals surface area contributed by atoms with E-state index in [2.05, 4.69) is 24.0 Å². The molecule has 2 N–H and O–H groups in total. The Kier molecular flexibility index (Phi) is 4.26. The van der Waals surface area contributed by atoms with Gasteiger partial charge < -0.3 is 15.4 Å². The van der Waals surface area contributed by atoms with Crippen LogP contribution in [0.15, 0.2) is 24.3 Å². The second kappa shape index (κ2) is 5.92. The monoisotopic (exact) mass is 234 g/mol. The van der Waals surface area contributed by atoms with E-state index in [-0.39, 0.29) is 0 Å². The number of benzene rings is 1. The van der Waals surface area contributed by atoms with Crippen molar-refractivity contribution in [2.45, 2.75) is 19.8 Å². The number of nitrogens with two attached hydrogens (primary N) is 1. The Morgan fingerprint density at radius 2 is 2.24 bits per heavy atom. The van der Waals surface area contributed by atoms with Crippen LogP contribution in [0, 0.1) is 5.92 Å². The topological polar surface area (TPSA) is 38.5 Å². The van der Waals surface area contributed by atoms with Gasteiger partial charge in [0.1, 0.15) is 12.4 Å². The van der Waals surface area contributed by atoms with Gasteiger partial charge in [-0.25, -0.2) is 0 Å². The number of hydrogen-bond donors (Lipinski definition) is 1. The maximum atomic E-state index is 5.54. The molecule has 0 atom stereocenters. The molecule has 1 aliphatic rings. The van der Waals surface area contributed by atoms with E-state index in [1.165, 1.54) is 31.6 Å². The molecule has 1 aromatic carbocycles. The second-order valence-electron chi connectivity index (χ2n) is 4.69. The molecule has 1 saturated heterocycles. The summed E-state index contributed by atoms with van der Waals surface area (Å²) >= 11 is 0. The highest BCUT2D eigenvalue weighted by atomic mass is 16.5. The van der Waals surface area contributed by atoms with Crippen LogP contribution in [-0.2, 0) is 0 Å². The molecule has 0 bridgehead atoms. The Bertz CT molecular complexity index is 348. The average Bonchev–Trinajstić information content (AvgIpc) is 2.31. The SMILES string of the molecule is CCCC1CN(c2cccc(OCCN)c2)C1. The summed E-state index contributed by atoms with van der Waals surface area (Å²) in [5, 5.41) is 0. The van der Waals surface area contributed by atoms with Crippen molar-refractivity contribution < 1.29 is 4.74 Å². The van der Waals surface area contributed by atoms with E-state index in [0.717, 1.165) is 11.7 Å². The van der Waals surface area contributed by atoms with Crippen molar-refractivity contribution in [3.05, 3.63) is 24.3 Å². The Morgan fingerprint density at radius 3 is 2.94 bits per heavy atom. The van der Waals surface area contributed by atoms with Gasteiger partial charge in [0.05, 0.1) is 0 Å². The molecule has 3 nitrogen and oxygen atoms in total. The molecule has 2 rings (SSSR count). The fourth-order valence-corrected chi connectivity index (χ4v) is 2.32. The molecule has 0 aliphatic carbocycles. The van der Waals surface area contributed by atoms with Crippen molar-refractivity contribution in [3.8, 4) is 5.75 Å². The molecular weight excluding hydrogens is 212 g/mol. The zero-order valence-electron chi connectivity index (χ0n) is 10.6. The Balaban J connectivity index is 1.89. The van der Waals surface area contributed by atoms with Crippen LogP contribution in [-0.4, -0.2) is 26.2 Å². The van der Waals surface area contributed by atoms with Crippen LogP contribution < -0.4 is 15.4 Å². The van der Waals surface area contributed by atoms with Crippen molar-refractivity contribution in [3.63, 3.8) is 0 Å². The predicted molar refractivity (Wildman–Crippen MR) is 71.6 cm³/mol. The smallest absolute Gasteiger partial charge is 0.121 e.